The van der Waals surface area contributed by atoms with Crippen LogP contribution in [0.1, 0.15) is 29.3 Å². The van der Waals surface area contributed by atoms with Gasteiger partial charge >= 0.3 is 12.3 Å². The quantitative estimate of drug-likeness (QED) is 0.496. The third kappa shape index (κ3) is 7.53. The number of amides is 3. The number of rotatable bonds is 7. The number of alkyl carbamates (subject to hydrolysis) is 1. The number of nitrogens with one attached hydrogen (secondary N) is 4. The lowest BCUT2D eigenvalue weighted by Crippen LogP contribution is -2.43. The molecule has 2 aromatic carbocycles. The Labute approximate surface area is 176 Å². The van der Waals surface area contributed by atoms with Crippen molar-refractivity contribution in [2.75, 3.05) is 18.5 Å². The number of alkyl halides is 3. The van der Waals surface area contributed by atoms with E-state index in [1.807, 2.05) is 0 Å². The number of anilines is 2. The van der Waals surface area contributed by atoms with Crippen LogP contribution in [0.3, 0.4) is 0 Å². The highest BCUT2D eigenvalue weighted by molar-refractivity contribution is 6.01. The summed E-state index contributed by atoms with van der Waals surface area (Å²) in [7, 11) is 0. The van der Waals surface area contributed by atoms with Gasteiger partial charge in [-0.2, -0.15) is 13.2 Å². The monoisotopic (exact) mass is 438 g/mol. The Morgan fingerprint density at radius 2 is 1.65 bits per heavy atom. The number of carbonyl (C=O) groups excluding carboxylic acids is 3. The van der Waals surface area contributed by atoms with Crippen molar-refractivity contribution in [3.63, 3.8) is 0 Å². The molecule has 31 heavy (non-hydrogen) atoms. The highest BCUT2D eigenvalue weighted by Gasteiger charge is 2.30. The summed E-state index contributed by atoms with van der Waals surface area (Å²) in [6.45, 7) is 1.87. The van der Waals surface area contributed by atoms with E-state index in [0.29, 0.717) is 11.4 Å². The van der Waals surface area contributed by atoms with Crippen LogP contribution < -0.4 is 21.5 Å². The van der Waals surface area contributed by atoms with Gasteiger partial charge in [0.2, 0.25) is 5.91 Å². The van der Waals surface area contributed by atoms with Crippen molar-refractivity contribution in [2.45, 2.75) is 19.5 Å². The normalized spacial score (nSPS) is 10.7. The molecule has 0 saturated heterocycles. The van der Waals surface area contributed by atoms with Crippen molar-refractivity contribution in [2.24, 2.45) is 0 Å². The predicted octanol–water partition coefficient (Wildman–Crippen LogP) is 3.35. The Balaban J connectivity index is 1.93. The van der Waals surface area contributed by atoms with E-state index in [1.165, 1.54) is 18.2 Å². The number of halogens is 3. The molecule has 0 heterocycles. The number of para-hydroxylation sites is 1. The first-order valence-electron chi connectivity index (χ1n) is 9.24. The number of hydrazine groups is 1. The molecule has 0 radical (unpaired) electrons. The van der Waals surface area contributed by atoms with E-state index in [0.717, 1.165) is 12.1 Å². The lowest BCUT2D eigenvalue weighted by Gasteiger charge is -2.14. The molecule has 0 atom stereocenters. The lowest BCUT2D eigenvalue weighted by atomic mass is 10.1. The first-order valence-corrected chi connectivity index (χ1v) is 9.24. The topological polar surface area (TPSA) is 109 Å². The summed E-state index contributed by atoms with van der Waals surface area (Å²) in [5.74, 6) is -1.18. The fourth-order valence-electron chi connectivity index (χ4n) is 2.40. The standard InChI is InChI=1S/C20H21F3N4O4/c1-2-31-19(30)24-12-11-17(28)26-27-18(29)15-5-3-4-6-16(15)25-14-9-7-13(8-10-14)20(21,22)23/h3-10,25H,2,11-12H2,1H3,(H,24,30)(H,26,28)(H,27,29). The summed E-state index contributed by atoms with van der Waals surface area (Å²) >= 11 is 0. The van der Waals surface area contributed by atoms with Crippen LogP contribution in [-0.4, -0.2) is 31.1 Å². The van der Waals surface area contributed by atoms with Gasteiger partial charge in [0.15, 0.2) is 0 Å². The molecule has 0 fully saturated rings. The van der Waals surface area contributed by atoms with Crippen molar-refractivity contribution in [1.29, 1.82) is 0 Å². The van der Waals surface area contributed by atoms with E-state index in [1.54, 1.807) is 25.1 Å². The van der Waals surface area contributed by atoms with Gasteiger partial charge in [-0.05, 0) is 43.3 Å². The van der Waals surface area contributed by atoms with E-state index in [9.17, 15) is 27.6 Å². The summed E-state index contributed by atoms with van der Waals surface area (Å²) in [5, 5.41) is 5.24. The highest BCUT2D eigenvalue weighted by atomic mass is 19.4. The van der Waals surface area contributed by atoms with Crippen molar-refractivity contribution >= 4 is 29.3 Å². The van der Waals surface area contributed by atoms with Gasteiger partial charge in [0.25, 0.3) is 5.91 Å². The van der Waals surface area contributed by atoms with E-state index in [2.05, 4.69) is 26.2 Å². The minimum atomic E-state index is -4.44. The molecule has 0 aliphatic heterocycles. The highest BCUT2D eigenvalue weighted by Crippen LogP contribution is 2.30. The molecule has 0 saturated carbocycles. The van der Waals surface area contributed by atoms with Gasteiger partial charge in [-0.15, -0.1) is 0 Å². The molecule has 2 rings (SSSR count). The zero-order valence-corrected chi connectivity index (χ0v) is 16.5. The second-order valence-electron chi connectivity index (χ2n) is 6.15. The van der Waals surface area contributed by atoms with Crippen LogP contribution >= 0.6 is 0 Å². The maximum Gasteiger partial charge on any atom is 0.416 e. The smallest absolute Gasteiger partial charge is 0.416 e. The number of ether oxygens (including phenoxy) is 1. The fraction of sp³-hybridized carbons (Fsp3) is 0.250. The third-order valence-electron chi connectivity index (χ3n) is 3.88. The molecular weight excluding hydrogens is 417 g/mol. The average molecular weight is 438 g/mol. The van der Waals surface area contributed by atoms with Crippen molar-refractivity contribution in [3.8, 4) is 0 Å². The molecule has 0 aromatic heterocycles. The Kier molecular flexibility index (Phi) is 8.24. The minimum absolute atomic E-state index is 0.0204. The molecule has 0 aliphatic carbocycles. The SMILES string of the molecule is CCOC(=O)NCCC(=O)NNC(=O)c1ccccc1Nc1ccc(C(F)(F)F)cc1. The fourth-order valence-corrected chi connectivity index (χ4v) is 2.40. The zero-order chi connectivity index (χ0) is 22.9. The lowest BCUT2D eigenvalue weighted by molar-refractivity contribution is -0.137. The van der Waals surface area contributed by atoms with Gasteiger partial charge in [0, 0.05) is 18.7 Å². The van der Waals surface area contributed by atoms with Crippen molar-refractivity contribution in [1.82, 2.24) is 16.2 Å². The molecule has 0 spiro atoms. The average Bonchev–Trinajstić information content (AvgIpc) is 2.72. The van der Waals surface area contributed by atoms with Gasteiger partial charge < -0.3 is 15.4 Å². The summed E-state index contributed by atoms with van der Waals surface area (Å²) < 4.78 is 42.7. The number of carbonyl (C=O) groups is 3. The van der Waals surface area contributed by atoms with Crippen molar-refractivity contribution < 1.29 is 32.3 Å². The van der Waals surface area contributed by atoms with Gasteiger partial charge in [-0.1, -0.05) is 12.1 Å². The second kappa shape index (κ2) is 10.9. The van der Waals surface area contributed by atoms with Gasteiger partial charge in [-0.3, -0.25) is 20.4 Å². The molecule has 166 valence electrons. The van der Waals surface area contributed by atoms with Crippen LogP contribution in [0.25, 0.3) is 0 Å². The molecule has 0 bridgehead atoms. The molecule has 4 N–H and O–H groups in total. The van der Waals surface area contributed by atoms with Crippen LogP contribution in [0.4, 0.5) is 29.3 Å². The van der Waals surface area contributed by atoms with E-state index in [-0.39, 0.29) is 25.1 Å². The number of benzene rings is 2. The Bertz CT molecular complexity index is 917. The maximum absolute atomic E-state index is 12.7. The molecule has 0 aliphatic rings. The first-order chi connectivity index (χ1) is 14.7. The molecular formula is C20H21F3N4O4. The van der Waals surface area contributed by atoms with Crippen LogP contribution in [0.2, 0.25) is 0 Å². The minimum Gasteiger partial charge on any atom is -0.450 e. The molecule has 0 unspecified atom stereocenters. The van der Waals surface area contributed by atoms with Crippen LogP contribution in [-0.2, 0) is 15.7 Å². The van der Waals surface area contributed by atoms with E-state index >= 15 is 0 Å². The first kappa shape index (κ1) is 23.5. The predicted molar refractivity (Wildman–Crippen MR) is 106 cm³/mol. The van der Waals surface area contributed by atoms with E-state index < -0.39 is 29.6 Å². The maximum atomic E-state index is 12.7. The zero-order valence-electron chi connectivity index (χ0n) is 16.5. The number of hydrogen-bond donors (Lipinski definition) is 4. The largest absolute Gasteiger partial charge is 0.450 e. The summed E-state index contributed by atoms with van der Waals surface area (Å²) in [5.41, 5.74) is 4.52. The molecule has 11 heteroatoms. The van der Waals surface area contributed by atoms with Crippen LogP contribution in [0, 0.1) is 0 Å². The van der Waals surface area contributed by atoms with E-state index in [4.69, 9.17) is 0 Å². The van der Waals surface area contributed by atoms with Crippen LogP contribution in [0.15, 0.2) is 48.5 Å². The van der Waals surface area contributed by atoms with Gasteiger partial charge in [0.05, 0.1) is 23.4 Å². The summed E-state index contributed by atoms with van der Waals surface area (Å²) in [4.78, 5) is 35.3. The van der Waals surface area contributed by atoms with Crippen molar-refractivity contribution in [3.05, 3.63) is 59.7 Å². The summed E-state index contributed by atoms with van der Waals surface area (Å²) in [6.07, 6.45) is -5.19. The van der Waals surface area contributed by atoms with Crippen LogP contribution in [0.5, 0.6) is 0 Å². The van der Waals surface area contributed by atoms with Gasteiger partial charge in [-0.25, -0.2) is 4.79 Å². The molecule has 3 amide bonds. The molecule has 2 aromatic rings. The Morgan fingerprint density at radius 1 is 0.968 bits per heavy atom. The second-order valence-corrected chi connectivity index (χ2v) is 6.15. The Hall–Kier alpha value is -3.76. The Morgan fingerprint density at radius 3 is 2.29 bits per heavy atom. The summed E-state index contributed by atoms with van der Waals surface area (Å²) in [6, 6.07) is 10.6. The van der Waals surface area contributed by atoms with Gasteiger partial charge in [0.1, 0.15) is 0 Å². The number of hydrogen-bond acceptors (Lipinski definition) is 5. The molecule has 8 nitrogen and oxygen atoms in total. The third-order valence-corrected chi connectivity index (χ3v) is 3.88.